The predicted molar refractivity (Wildman–Crippen MR) is 65.0 cm³/mol. The van der Waals surface area contributed by atoms with Crippen LogP contribution in [0.15, 0.2) is 0 Å². The highest BCUT2D eigenvalue weighted by Gasteiger charge is 2.33. The van der Waals surface area contributed by atoms with Gasteiger partial charge in [-0.15, -0.1) is 0 Å². The minimum atomic E-state index is 0.443. The maximum atomic E-state index is 3.72. The van der Waals surface area contributed by atoms with Crippen LogP contribution in [-0.2, 0) is 0 Å². The summed E-state index contributed by atoms with van der Waals surface area (Å²) in [6, 6.07) is 0.787. The maximum absolute atomic E-state index is 3.72. The topological polar surface area (TPSA) is 15.3 Å². The van der Waals surface area contributed by atoms with E-state index in [0.717, 1.165) is 12.0 Å². The lowest BCUT2D eigenvalue weighted by atomic mass is 9.95. The molecule has 0 radical (unpaired) electrons. The van der Waals surface area contributed by atoms with Crippen LogP contribution in [-0.4, -0.2) is 37.1 Å². The molecule has 0 amide bonds. The van der Waals surface area contributed by atoms with E-state index in [2.05, 4.69) is 31.0 Å². The smallest absolute Gasteiger partial charge is 0.0223 e. The largest absolute Gasteiger partial charge is 0.312 e. The second-order valence-electron chi connectivity index (χ2n) is 6.55. The van der Waals surface area contributed by atoms with E-state index in [9.17, 15) is 0 Å². The summed E-state index contributed by atoms with van der Waals surface area (Å²) in [5.41, 5.74) is 0.443. The zero-order valence-corrected chi connectivity index (χ0v) is 10.6. The van der Waals surface area contributed by atoms with Crippen LogP contribution in [0.2, 0.25) is 0 Å². The van der Waals surface area contributed by atoms with E-state index in [-0.39, 0.29) is 0 Å². The van der Waals surface area contributed by atoms with Gasteiger partial charge in [0.1, 0.15) is 0 Å². The molecule has 0 spiro atoms. The van der Waals surface area contributed by atoms with Crippen molar-refractivity contribution >= 4 is 0 Å². The van der Waals surface area contributed by atoms with Crippen molar-refractivity contribution < 1.29 is 0 Å². The Kier molecular flexibility index (Phi) is 3.36. The number of rotatable bonds is 2. The van der Waals surface area contributed by atoms with Gasteiger partial charge in [0.25, 0.3) is 0 Å². The summed E-state index contributed by atoms with van der Waals surface area (Å²) in [6.07, 6.45) is 4.24. The van der Waals surface area contributed by atoms with Gasteiger partial charge in [-0.25, -0.2) is 0 Å². The molecule has 1 aliphatic carbocycles. The van der Waals surface area contributed by atoms with Crippen molar-refractivity contribution in [3.8, 4) is 0 Å². The Labute approximate surface area is 94.4 Å². The SMILES string of the molecule is CC(C)(C)CN1CCCNC(C2CC2)C1. The average molecular weight is 210 g/mol. The van der Waals surface area contributed by atoms with E-state index in [0.29, 0.717) is 5.41 Å². The Morgan fingerprint density at radius 2 is 2.00 bits per heavy atom. The van der Waals surface area contributed by atoms with E-state index in [1.165, 1.54) is 45.4 Å². The first kappa shape index (κ1) is 11.4. The summed E-state index contributed by atoms with van der Waals surface area (Å²) in [6.45, 7) is 12.1. The molecule has 15 heavy (non-hydrogen) atoms. The molecule has 1 heterocycles. The zero-order valence-electron chi connectivity index (χ0n) is 10.6. The number of nitrogens with zero attached hydrogens (tertiary/aromatic N) is 1. The van der Waals surface area contributed by atoms with Crippen molar-refractivity contribution in [1.82, 2.24) is 10.2 Å². The molecule has 0 aromatic heterocycles. The minimum Gasteiger partial charge on any atom is -0.312 e. The van der Waals surface area contributed by atoms with Crippen LogP contribution in [0.1, 0.15) is 40.0 Å². The molecule has 88 valence electrons. The van der Waals surface area contributed by atoms with E-state index in [1.807, 2.05) is 0 Å². The first-order chi connectivity index (χ1) is 7.04. The molecular weight excluding hydrogens is 184 g/mol. The fourth-order valence-corrected chi connectivity index (χ4v) is 2.65. The molecule has 2 nitrogen and oxygen atoms in total. The van der Waals surface area contributed by atoms with Gasteiger partial charge in [0.2, 0.25) is 0 Å². The van der Waals surface area contributed by atoms with Crippen molar-refractivity contribution in [2.75, 3.05) is 26.2 Å². The third-order valence-electron chi connectivity index (χ3n) is 3.40. The van der Waals surface area contributed by atoms with Crippen molar-refractivity contribution in [2.24, 2.45) is 11.3 Å². The molecule has 2 aliphatic rings. The lowest BCUT2D eigenvalue weighted by molar-refractivity contribution is 0.184. The first-order valence-corrected chi connectivity index (χ1v) is 6.50. The monoisotopic (exact) mass is 210 g/mol. The molecule has 0 aromatic carbocycles. The highest BCUT2D eigenvalue weighted by Crippen LogP contribution is 2.33. The van der Waals surface area contributed by atoms with Crippen LogP contribution in [0.3, 0.4) is 0 Å². The normalized spacial score (nSPS) is 30.2. The Morgan fingerprint density at radius 1 is 1.27 bits per heavy atom. The summed E-state index contributed by atoms with van der Waals surface area (Å²) in [7, 11) is 0. The number of nitrogens with one attached hydrogen (secondary N) is 1. The molecule has 1 unspecified atom stereocenters. The van der Waals surface area contributed by atoms with Gasteiger partial charge >= 0.3 is 0 Å². The molecule has 1 aliphatic heterocycles. The van der Waals surface area contributed by atoms with E-state index >= 15 is 0 Å². The van der Waals surface area contributed by atoms with Gasteiger partial charge in [0.05, 0.1) is 0 Å². The third-order valence-corrected chi connectivity index (χ3v) is 3.40. The Morgan fingerprint density at radius 3 is 2.60 bits per heavy atom. The van der Waals surface area contributed by atoms with Crippen LogP contribution >= 0.6 is 0 Å². The molecule has 2 rings (SSSR count). The zero-order chi connectivity index (χ0) is 10.9. The molecule has 1 saturated heterocycles. The fraction of sp³-hybridized carbons (Fsp3) is 1.00. The third kappa shape index (κ3) is 3.76. The standard InChI is InChI=1S/C13H26N2/c1-13(2,3)10-15-8-4-7-14-12(9-15)11-5-6-11/h11-12,14H,4-10H2,1-3H3. The molecule has 0 bridgehead atoms. The number of hydrogen-bond donors (Lipinski definition) is 1. The number of hydrogen-bond acceptors (Lipinski definition) is 2. The Hall–Kier alpha value is -0.0800. The van der Waals surface area contributed by atoms with Gasteiger partial charge in [-0.3, -0.25) is 0 Å². The van der Waals surface area contributed by atoms with Gasteiger partial charge in [-0.2, -0.15) is 0 Å². The van der Waals surface area contributed by atoms with Crippen molar-refractivity contribution in [3.05, 3.63) is 0 Å². The highest BCUT2D eigenvalue weighted by atomic mass is 15.2. The second kappa shape index (κ2) is 4.42. The van der Waals surface area contributed by atoms with Crippen molar-refractivity contribution in [1.29, 1.82) is 0 Å². The van der Waals surface area contributed by atoms with Crippen LogP contribution in [0.4, 0.5) is 0 Å². The molecule has 1 N–H and O–H groups in total. The highest BCUT2D eigenvalue weighted by molar-refractivity contribution is 4.90. The summed E-state index contributed by atoms with van der Waals surface area (Å²) < 4.78 is 0. The van der Waals surface area contributed by atoms with Gasteiger partial charge in [-0.1, -0.05) is 20.8 Å². The predicted octanol–water partition coefficient (Wildman–Crippen LogP) is 2.11. The minimum absolute atomic E-state index is 0.443. The quantitative estimate of drug-likeness (QED) is 0.751. The summed E-state index contributed by atoms with van der Waals surface area (Å²) in [5.74, 6) is 0.991. The first-order valence-electron chi connectivity index (χ1n) is 6.50. The van der Waals surface area contributed by atoms with Crippen LogP contribution in [0.25, 0.3) is 0 Å². The van der Waals surface area contributed by atoms with E-state index in [4.69, 9.17) is 0 Å². The van der Waals surface area contributed by atoms with Crippen LogP contribution in [0, 0.1) is 11.3 Å². The Balaban J connectivity index is 1.86. The molecule has 0 aromatic rings. The van der Waals surface area contributed by atoms with Crippen LogP contribution < -0.4 is 5.32 Å². The fourth-order valence-electron chi connectivity index (χ4n) is 2.65. The molecule has 2 heteroatoms. The lowest BCUT2D eigenvalue weighted by Gasteiger charge is -2.30. The molecule has 2 fully saturated rings. The van der Waals surface area contributed by atoms with Gasteiger partial charge in [0.15, 0.2) is 0 Å². The van der Waals surface area contributed by atoms with E-state index in [1.54, 1.807) is 0 Å². The van der Waals surface area contributed by atoms with Crippen molar-refractivity contribution in [2.45, 2.75) is 46.1 Å². The van der Waals surface area contributed by atoms with E-state index < -0.39 is 0 Å². The lowest BCUT2D eigenvalue weighted by Crippen LogP contribution is -2.42. The summed E-state index contributed by atoms with van der Waals surface area (Å²) in [5, 5.41) is 3.72. The molecular formula is C13H26N2. The maximum Gasteiger partial charge on any atom is 0.0223 e. The average Bonchev–Trinajstić information content (AvgIpc) is 2.83. The summed E-state index contributed by atoms with van der Waals surface area (Å²) in [4.78, 5) is 2.67. The summed E-state index contributed by atoms with van der Waals surface area (Å²) >= 11 is 0. The molecule has 1 atom stereocenters. The van der Waals surface area contributed by atoms with Gasteiger partial charge in [-0.05, 0) is 43.7 Å². The van der Waals surface area contributed by atoms with Crippen LogP contribution in [0.5, 0.6) is 0 Å². The second-order valence-corrected chi connectivity index (χ2v) is 6.55. The van der Waals surface area contributed by atoms with Crippen molar-refractivity contribution in [3.63, 3.8) is 0 Å². The molecule has 1 saturated carbocycles. The Bertz CT molecular complexity index is 203. The van der Waals surface area contributed by atoms with Gasteiger partial charge < -0.3 is 10.2 Å². The van der Waals surface area contributed by atoms with Gasteiger partial charge in [0, 0.05) is 19.1 Å².